The molecule has 0 atom stereocenters. The second-order valence-corrected chi connectivity index (χ2v) is 8.64. The van der Waals surface area contributed by atoms with Gasteiger partial charge in [-0.25, -0.2) is 12.8 Å². The first-order valence-electron chi connectivity index (χ1n) is 9.28. The molecule has 4 N–H and O–H groups in total. The zero-order valence-electron chi connectivity index (χ0n) is 16.2. The Hall–Kier alpha value is -1.14. The molecule has 160 valence electrons. The third-order valence-electron chi connectivity index (χ3n) is 4.46. The Labute approximate surface area is 183 Å². The van der Waals surface area contributed by atoms with Gasteiger partial charge in [0.25, 0.3) is 0 Å². The molecule has 1 aromatic carbocycles. The van der Waals surface area contributed by atoms with E-state index in [0.717, 1.165) is 25.7 Å². The molecule has 1 aromatic rings. The van der Waals surface area contributed by atoms with Crippen molar-refractivity contribution in [2.24, 2.45) is 4.99 Å². The molecule has 0 radical (unpaired) electrons. The Morgan fingerprint density at radius 3 is 2.57 bits per heavy atom. The molecular formula is C18H30FIN4O3S. The van der Waals surface area contributed by atoms with E-state index in [1.54, 1.807) is 6.92 Å². The van der Waals surface area contributed by atoms with E-state index in [2.05, 4.69) is 20.3 Å². The summed E-state index contributed by atoms with van der Waals surface area (Å²) in [6, 6.07) is 4.44. The van der Waals surface area contributed by atoms with Crippen LogP contribution < -0.4 is 15.4 Å². The molecule has 0 aliphatic heterocycles. The third kappa shape index (κ3) is 8.48. The summed E-state index contributed by atoms with van der Waals surface area (Å²) in [7, 11) is -3.63. The van der Waals surface area contributed by atoms with Crippen LogP contribution in [0, 0.1) is 12.7 Å². The number of nitrogens with zero attached hydrogens (tertiary/aromatic N) is 1. The molecule has 10 heteroatoms. The van der Waals surface area contributed by atoms with Gasteiger partial charge >= 0.3 is 0 Å². The quantitative estimate of drug-likeness (QED) is 0.247. The molecule has 0 saturated heterocycles. The monoisotopic (exact) mass is 528 g/mol. The van der Waals surface area contributed by atoms with Crippen molar-refractivity contribution in [1.29, 1.82) is 0 Å². The van der Waals surface area contributed by atoms with E-state index in [9.17, 15) is 17.9 Å². The van der Waals surface area contributed by atoms with Crippen LogP contribution in [0.15, 0.2) is 23.2 Å². The van der Waals surface area contributed by atoms with Crippen molar-refractivity contribution in [3.8, 4) is 0 Å². The Kier molecular flexibility index (Phi) is 10.5. The highest BCUT2D eigenvalue weighted by Gasteiger charge is 2.20. The molecule has 2 rings (SSSR count). The number of aliphatic imine (C=N–C) groups is 1. The zero-order chi connectivity index (χ0) is 19.9. The van der Waals surface area contributed by atoms with Crippen LogP contribution in [-0.2, 0) is 10.0 Å². The van der Waals surface area contributed by atoms with Crippen molar-refractivity contribution < 1.29 is 17.9 Å². The molecular weight excluding hydrogens is 498 g/mol. The number of rotatable bonds is 7. The van der Waals surface area contributed by atoms with Gasteiger partial charge in [-0.1, -0.05) is 6.07 Å². The molecule has 0 bridgehead atoms. The van der Waals surface area contributed by atoms with Crippen LogP contribution in [0.4, 0.5) is 10.1 Å². The predicted molar refractivity (Wildman–Crippen MR) is 121 cm³/mol. The van der Waals surface area contributed by atoms with E-state index < -0.39 is 15.8 Å². The van der Waals surface area contributed by atoms with Gasteiger partial charge in [0.15, 0.2) is 5.96 Å². The maximum atomic E-state index is 13.6. The number of guanidine groups is 1. The van der Waals surface area contributed by atoms with Crippen molar-refractivity contribution >= 4 is 45.6 Å². The highest BCUT2D eigenvalue weighted by Crippen LogP contribution is 2.18. The van der Waals surface area contributed by atoms with Crippen LogP contribution in [0.25, 0.3) is 0 Å². The lowest BCUT2D eigenvalue weighted by molar-refractivity contribution is 0.120. The fraction of sp³-hybridized carbons (Fsp3) is 0.611. The zero-order valence-corrected chi connectivity index (χ0v) is 19.4. The van der Waals surface area contributed by atoms with E-state index in [4.69, 9.17) is 0 Å². The highest BCUT2D eigenvalue weighted by molar-refractivity contribution is 14.0. The Morgan fingerprint density at radius 1 is 1.29 bits per heavy atom. The Morgan fingerprint density at radius 2 is 1.96 bits per heavy atom. The largest absolute Gasteiger partial charge is 0.393 e. The number of hydrogen-bond acceptors (Lipinski definition) is 4. The van der Waals surface area contributed by atoms with E-state index in [-0.39, 0.29) is 54.1 Å². The second kappa shape index (κ2) is 11.8. The van der Waals surface area contributed by atoms with Gasteiger partial charge in [-0.3, -0.25) is 9.71 Å². The lowest BCUT2D eigenvalue weighted by atomic mass is 9.93. The number of anilines is 1. The summed E-state index contributed by atoms with van der Waals surface area (Å²) in [6.07, 6.45) is 2.98. The first-order valence-corrected chi connectivity index (χ1v) is 10.9. The summed E-state index contributed by atoms with van der Waals surface area (Å²) in [5.41, 5.74) is 0.659. The number of sulfonamides is 1. The highest BCUT2D eigenvalue weighted by atomic mass is 127. The summed E-state index contributed by atoms with van der Waals surface area (Å²) in [5.74, 6) is -0.0949. The Bertz CT molecular complexity index is 753. The fourth-order valence-corrected chi connectivity index (χ4v) is 3.82. The maximum Gasteiger partial charge on any atom is 0.234 e. The smallest absolute Gasteiger partial charge is 0.234 e. The molecule has 1 saturated carbocycles. The topological polar surface area (TPSA) is 103 Å². The SMILES string of the molecule is CCNC(=NCCS(=O)(=O)Nc1ccc(C)c(F)c1)NC1CCC(O)CC1.I. The van der Waals surface area contributed by atoms with Crippen molar-refractivity contribution in [2.75, 3.05) is 23.6 Å². The van der Waals surface area contributed by atoms with Gasteiger partial charge < -0.3 is 15.7 Å². The molecule has 0 spiro atoms. The number of benzene rings is 1. The second-order valence-electron chi connectivity index (χ2n) is 6.80. The molecule has 1 aliphatic rings. The average Bonchev–Trinajstić information content (AvgIpc) is 2.60. The van der Waals surface area contributed by atoms with Gasteiger partial charge in [-0.05, 0) is 57.2 Å². The van der Waals surface area contributed by atoms with Crippen LogP contribution in [0.1, 0.15) is 38.2 Å². The Balaban J connectivity index is 0.00000392. The normalized spacial score (nSPS) is 20.2. The molecule has 1 aliphatic carbocycles. The predicted octanol–water partition coefficient (Wildman–Crippen LogP) is 2.35. The van der Waals surface area contributed by atoms with Crippen LogP contribution in [0.3, 0.4) is 0 Å². The lowest BCUT2D eigenvalue weighted by Crippen LogP contribution is -2.45. The number of aliphatic hydroxyl groups is 1. The van der Waals surface area contributed by atoms with E-state index in [0.29, 0.717) is 18.1 Å². The number of hydrogen-bond donors (Lipinski definition) is 4. The van der Waals surface area contributed by atoms with E-state index in [1.807, 2.05) is 6.92 Å². The van der Waals surface area contributed by atoms with Gasteiger partial charge in [0, 0.05) is 12.6 Å². The molecule has 7 nitrogen and oxygen atoms in total. The maximum absolute atomic E-state index is 13.6. The minimum Gasteiger partial charge on any atom is -0.393 e. The van der Waals surface area contributed by atoms with Gasteiger partial charge in [-0.15, -0.1) is 24.0 Å². The number of halogens is 2. The van der Waals surface area contributed by atoms with E-state index in [1.165, 1.54) is 18.2 Å². The summed E-state index contributed by atoms with van der Waals surface area (Å²) in [5, 5.41) is 16.0. The van der Waals surface area contributed by atoms with Gasteiger partial charge in [0.1, 0.15) is 5.82 Å². The van der Waals surface area contributed by atoms with Gasteiger partial charge in [0.2, 0.25) is 10.0 Å². The van der Waals surface area contributed by atoms with Crippen molar-refractivity contribution in [3.05, 3.63) is 29.6 Å². The summed E-state index contributed by atoms with van der Waals surface area (Å²) in [6.45, 7) is 4.29. The van der Waals surface area contributed by atoms with Crippen molar-refractivity contribution in [3.63, 3.8) is 0 Å². The molecule has 0 unspecified atom stereocenters. The van der Waals surface area contributed by atoms with Crippen LogP contribution in [0.5, 0.6) is 0 Å². The first-order chi connectivity index (χ1) is 12.8. The molecule has 0 amide bonds. The van der Waals surface area contributed by atoms with Gasteiger partial charge in [-0.2, -0.15) is 0 Å². The standard InChI is InChI=1S/C18H29FN4O3S.HI/c1-3-20-18(22-14-6-8-16(24)9-7-14)21-10-11-27(25,26)23-15-5-4-13(2)17(19)12-15;/h4-5,12,14,16,23-24H,3,6-11H2,1-2H3,(H2,20,21,22);1H. The van der Waals surface area contributed by atoms with Crippen molar-refractivity contribution in [1.82, 2.24) is 10.6 Å². The molecule has 28 heavy (non-hydrogen) atoms. The van der Waals surface area contributed by atoms with E-state index >= 15 is 0 Å². The minimum atomic E-state index is -3.63. The molecule has 1 fully saturated rings. The molecule has 0 heterocycles. The third-order valence-corrected chi connectivity index (χ3v) is 5.72. The fourth-order valence-electron chi connectivity index (χ4n) is 2.90. The van der Waals surface area contributed by atoms with Gasteiger partial charge in [0.05, 0.1) is 24.1 Å². The molecule has 0 aromatic heterocycles. The lowest BCUT2D eigenvalue weighted by Gasteiger charge is -2.27. The summed E-state index contributed by atoms with van der Waals surface area (Å²) < 4.78 is 40.3. The van der Waals surface area contributed by atoms with Crippen molar-refractivity contribution in [2.45, 2.75) is 51.7 Å². The van der Waals surface area contributed by atoms with Crippen LogP contribution in [-0.4, -0.2) is 50.5 Å². The first kappa shape index (κ1) is 24.9. The summed E-state index contributed by atoms with van der Waals surface area (Å²) in [4.78, 5) is 4.32. The average molecular weight is 528 g/mol. The number of aryl methyl sites for hydroxylation is 1. The van der Waals surface area contributed by atoms with Crippen LogP contribution >= 0.6 is 24.0 Å². The number of aliphatic hydroxyl groups excluding tert-OH is 1. The summed E-state index contributed by atoms with van der Waals surface area (Å²) >= 11 is 0. The number of nitrogens with one attached hydrogen (secondary N) is 3. The minimum absolute atomic E-state index is 0. The van der Waals surface area contributed by atoms with Crippen LogP contribution in [0.2, 0.25) is 0 Å².